The van der Waals surface area contributed by atoms with Crippen molar-refractivity contribution in [2.75, 3.05) is 35.6 Å². The normalized spacial score (nSPS) is 13.0. The van der Waals surface area contributed by atoms with Crippen molar-refractivity contribution in [3.8, 4) is 34.2 Å². The van der Waals surface area contributed by atoms with Gasteiger partial charge in [0.2, 0.25) is 35.6 Å². The molecule has 0 aliphatic rings. The highest BCUT2D eigenvalue weighted by Gasteiger charge is 2.36. The molecule has 0 aliphatic carbocycles. The van der Waals surface area contributed by atoms with Gasteiger partial charge in [-0.3, -0.25) is 14.4 Å². The molecule has 0 unspecified atom stereocenters. The fourth-order valence-electron chi connectivity index (χ4n) is 7.44. The Morgan fingerprint density at radius 3 is 1.19 bits per heavy atom. The zero-order valence-electron chi connectivity index (χ0n) is 43.4. The summed E-state index contributed by atoms with van der Waals surface area (Å²) in [5.74, 6) is 1.14. The number of carbonyl (C=O) groups excluding carboxylic acids is 3. The average molecular weight is 1070 g/mol. The van der Waals surface area contributed by atoms with Crippen LogP contribution in [0.25, 0.3) is 67.3 Å². The second-order valence-corrected chi connectivity index (χ2v) is 18.1. The van der Waals surface area contributed by atoms with E-state index in [4.69, 9.17) is 0 Å². The molecule has 24 nitrogen and oxygen atoms in total. The molecule has 0 saturated carbocycles. The minimum absolute atomic E-state index is 0. The molecule has 2 atom stereocenters. The number of alkyl halides is 3. The van der Waals surface area contributed by atoms with Gasteiger partial charge < -0.3 is 46.9 Å². The Morgan fingerprint density at radius 1 is 0.494 bits per heavy atom. The molecule has 9 N–H and O–H groups in total. The topological polar surface area (TPSA) is 325 Å². The number of aromatic amines is 3. The number of amides is 3. The van der Waals surface area contributed by atoms with Gasteiger partial charge in [0, 0.05) is 91.7 Å². The molecule has 414 valence electrons. The van der Waals surface area contributed by atoms with Crippen LogP contribution in [0.3, 0.4) is 0 Å². The Hall–Kier alpha value is -9.30. The lowest BCUT2D eigenvalue weighted by Crippen LogP contribution is -2.52. The van der Waals surface area contributed by atoms with Crippen LogP contribution in [0.2, 0.25) is 0 Å². The van der Waals surface area contributed by atoms with Gasteiger partial charge in [0.15, 0.2) is 17.5 Å². The minimum Gasteiger partial charge on any atom is -0.354 e. The van der Waals surface area contributed by atoms with Gasteiger partial charge in [-0.2, -0.15) is 28.1 Å². The van der Waals surface area contributed by atoms with Crippen molar-refractivity contribution in [1.82, 2.24) is 90.7 Å². The number of pyridine rings is 3. The van der Waals surface area contributed by atoms with E-state index in [1.54, 1.807) is 51.6 Å². The van der Waals surface area contributed by atoms with Gasteiger partial charge in [0.1, 0.15) is 59.1 Å². The number of nitrogens with one attached hydrogen (secondary N) is 9. The molecule has 0 saturated heterocycles. The molecule has 0 bridgehead atoms. The Labute approximate surface area is 448 Å². The van der Waals surface area contributed by atoms with E-state index in [9.17, 15) is 27.6 Å². The maximum atomic E-state index is 12.4. The van der Waals surface area contributed by atoms with E-state index < -0.39 is 35.2 Å². The number of anilines is 3. The highest BCUT2D eigenvalue weighted by atomic mass is 19.4. The smallest absolute Gasteiger partial charge is 0.354 e. The lowest BCUT2D eigenvalue weighted by Gasteiger charge is -2.28. The van der Waals surface area contributed by atoms with Crippen LogP contribution in [0.1, 0.15) is 76.8 Å². The third kappa shape index (κ3) is 13.5. The van der Waals surface area contributed by atoms with E-state index >= 15 is 0 Å². The molecule has 0 fully saturated rings. The average Bonchev–Trinajstić information content (AvgIpc) is 4.33. The van der Waals surface area contributed by atoms with E-state index in [-0.39, 0.29) is 32.7 Å². The molecular formula is C50H70F3N21O3. The van der Waals surface area contributed by atoms with Crippen LogP contribution >= 0.6 is 0 Å². The van der Waals surface area contributed by atoms with E-state index in [1.807, 2.05) is 75.7 Å². The molecule has 9 heterocycles. The van der Waals surface area contributed by atoms with Gasteiger partial charge in [-0.25, -0.2) is 44.9 Å². The number of H-pyrrole nitrogens is 3. The first-order valence-corrected chi connectivity index (χ1v) is 24.4. The van der Waals surface area contributed by atoms with E-state index in [1.165, 1.54) is 25.9 Å². The fraction of sp³-hybridized carbons (Fsp3) is 0.340. The Balaban J connectivity index is 0.000000602. The van der Waals surface area contributed by atoms with Crippen molar-refractivity contribution in [2.24, 2.45) is 0 Å². The van der Waals surface area contributed by atoms with E-state index in [2.05, 4.69) is 101 Å². The Kier molecular flexibility index (Phi) is 17.2. The fourth-order valence-corrected chi connectivity index (χ4v) is 7.44. The maximum Gasteiger partial charge on any atom is 0.405 e. The van der Waals surface area contributed by atoms with Crippen LogP contribution < -0.4 is 31.9 Å². The molecule has 9 rings (SSSR count). The maximum absolute atomic E-state index is 12.4. The summed E-state index contributed by atoms with van der Waals surface area (Å²) in [6.07, 6.45) is 10.9. The number of nitrogens with zero attached hydrogens (tertiary/aromatic N) is 12. The first-order chi connectivity index (χ1) is 36.8. The molecule has 0 aliphatic heterocycles. The predicted molar refractivity (Wildman–Crippen MR) is 296 cm³/mol. The third-order valence-electron chi connectivity index (χ3n) is 12.1. The van der Waals surface area contributed by atoms with Crippen molar-refractivity contribution in [3.05, 3.63) is 92.6 Å². The van der Waals surface area contributed by atoms with Gasteiger partial charge >= 0.3 is 6.18 Å². The molecule has 3 amide bonds. The monoisotopic (exact) mass is 1070 g/mol. The van der Waals surface area contributed by atoms with Gasteiger partial charge in [-0.1, -0.05) is 13.8 Å². The zero-order valence-corrected chi connectivity index (χ0v) is 43.4. The second kappa shape index (κ2) is 23.9. The number of carbonyl (C=O) groups is 3. The van der Waals surface area contributed by atoms with Crippen molar-refractivity contribution in [2.45, 2.75) is 91.0 Å². The number of hydrogen-bond donors (Lipinski definition) is 9. The number of likely N-dealkylation sites (N-methyl/N-ethyl adjacent to an activating group) is 2. The summed E-state index contributed by atoms with van der Waals surface area (Å²) >= 11 is 0. The van der Waals surface area contributed by atoms with Gasteiger partial charge in [0.25, 0.3) is 0 Å². The van der Waals surface area contributed by atoms with Crippen molar-refractivity contribution < 1.29 is 36.1 Å². The Morgan fingerprint density at radius 2 is 0.844 bits per heavy atom. The summed E-state index contributed by atoms with van der Waals surface area (Å²) in [5, 5.41) is 19.2. The third-order valence-corrected chi connectivity index (χ3v) is 12.1. The van der Waals surface area contributed by atoms with Gasteiger partial charge in [-0.15, -0.1) is 0 Å². The van der Waals surface area contributed by atoms with Gasteiger partial charge in [0.05, 0.1) is 0 Å². The molecule has 0 spiro atoms. The predicted octanol–water partition coefficient (Wildman–Crippen LogP) is 8.02. The minimum atomic E-state index is -4.49. The van der Waals surface area contributed by atoms with Gasteiger partial charge in [-0.05, 0) is 90.8 Å². The number of hydrogen-bond acceptors (Lipinski definition) is 18. The molecule has 9 aromatic rings. The van der Waals surface area contributed by atoms with Crippen LogP contribution in [-0.2, 0) is 14.4 Å². The highest BCUT2D eigenvalue weighted by molar-refractivity contribution is 5.94. The summed E-state index contributed by atoms with van der Waals surface area (Å²) in [5.41, 5.74) is 1.60. The van der Waals surface area contributed by atoms with Crippen molar-refractivity contribution in [3.63, 3.8) is 0 Å². The number of rotatable bonds is 17. The SMILES string of the molecule is CCNC(=O)C(C)(C)Nc1ncnc(-c2c[nH]c3ncccc23)n1.CCNC(=O)[C@@](C)(CC)Nc1ncnc(-c2c[nH]c3ncccc23)n1.CC[C@@](C)(Nc1ncnc(-c2c[nH]c3ncccc23)n1)C(=O)NCC(F)(F)F.[HH].[HH].[HH].[HH].[HH].[HH]. The Bertz CT molecular complexity index is 3500. The first-order valence-electron chi connectivity index (χ1n) is 24.4. The molecule has 0 aromatic carbocycles. The van der Waals surface area contributed by atoms with Crippen molar-refractivity contribution >= 4 is 68.7 Å². The standard InChI is InChI=1S/C17H18F3N7O.C17H21N7O.C16H19N7O.6H2/c1-3-16(2,14(28)23-8-17(18,19)20)27-15-25-9-24-13(26-15)11-7-22-12-10(11)5-4-6-21-12;1-4-17(3,15(25)18-5-2)24-16-22-10-21-14(23-16)12-9-20-13-11(12)7-6-8-19-13;1-4-17-14(24)16(2,3)23-15-21-9-20-13(22-15)11-8-19-12-10(11)6-5-7-18-12;;;;;;/h4-7,9H,3,8H2,1-2H3,(H,21,22)(H,23,28)(H,24,25,26,27);6-10H,4-5H2,1-3H3,(H,18,25)(H,19,20)(H,21,22,23,24);5-9H,4H2,1-3H3,(H,17,24)(H,18,19)(H,20,21,22,23);6*1H/t16-;17-;;;;;;;/m11......./s1. The summed E-state index contributed by atoms with van der Waals surface area (Å²) in [6, 6.07) is 11.3. The number of aromatic nitrogens is 15. The van der Waals surface area contributed by atoms with Crippen molar-refractivity contribution in [1.29, 1.82) is 0 Å². The molecule has 9 aromatic heterocycles. The number of halogens is 3. The van der Waals surface area contributed by atoms with Crippen LogP contribution in [-0.4, -0.2) is 135 Å². The van der Waals surface area contributed by atoms with E-state index in [0.29, 0.717) is 60.1 Å². The highest BCUT2D eigenvalue weighted by Crippen LogP contribution is 2.29. The molecule has 0 radical (unpaired) electrons. The van der Waals surface area contributed by atoms with E-state index in [0.717, 1.165) is 38.6 Å². The largest absolute Gasteiger partial charge is 0.405 e. The lowest BCUT2D eigenvalue weighted by atomic mass is 9.98. The first kappa shape index (κ1) is 55.5. The molecule has 77 heavy (non-hydrogen) atoms. The quantitative estimate of drug-likeness (QED) is 0.0417. The second-order valence-electron chi connectivity index (χ2n) is 18.1. The summed E-state index contributed by atoms with van der Waals surface area (Å²) in [7, 11) is 0. The lowest BCUT2D eigenvalue weighted by molar-refractivity contribution is -0.140. The summed E-state index contributed by atoms with van der Waals surface area (Å²) in [4.78, 5) is 96.8. The molecular weight excluding hydrogens is 1000 g/mol. The summed E-state index contributed by atoms with van der Waals surface area (Å²) < 4.78 is 37.2. The molecule has 27 heteroatoms. The van der Waals surface area contributed by atoms with Crippen LogP contribution in [0.5, 0.6) is 0 Å². The van der Waals surface area contributed by atoms with Crippen LogP contribution in [0, 0.1) is 0 Å². The van der Waals surface area contributed by atoms with Crippen LogP contribution in [0.4, 0.5) is 31.0 Å². The van der Waals surface area contributed by atoms with Crippen LogP contribution in [0.15, 0.2) is 92.6 Å². The number of fused-ring (bicyclic) bond motifs is 3. The summed E-state index contributed by atoms with van der Waals surface area (Å²) in [6.45, 7) is 14.0. The zero-order chi connectivity index (χ0) is 55.4.